The van der Waals surface area contributed by atoms with Crippen LogP contribution in [0.3, 0.4) is 0 Å². The largest absolute Gasteiger partial charge is 0.342 e. The zero-order chi connectivity index (χ0) is 16.7. The fourth-order valence-corrected chi connectivity index (χ4v) is 3.30. The highest BCUT2D eigenvalue weighted by Crippen LogP contribution is 2.24. The van der Waals surface area contributed by atoms with E-state index in [1.54, 1.807) is 7.05 Å². The fraction of sp³-hybridized carbons (Fsp3) is 0.353. The summed E-state index contributed by atoms with van der Waals surface area (Å²) in [6.45, 7) is 2.39. The molecule has 124 valence electrons. The summed E-state index contributed by atoms with van der Waals surface area (Å²) in [6, 6.07) is 9.97. The van der Waals surface area contributed by atoms with Crippen molar-refractivity contribution in [2.24, 2.45) is 7.05 Å². The van der Waals surface area contributed by atoms with E-state index in [-0.39, 0.29) is 5.56 Å². The van der Waals surface area contributed by atoms with Gasteiger partial charge in [0.25, 0.3) is 5.56 Å². The molecule has 7 heteroatoms. The summed E-state index contributed by atoms with van der Waals surface area (Å²) >= 11 is 0. The number of nitrogens with zero attached hydrogens (tertiary/aromatic N) is 4. The third kappa shape index (κ3) is 2.33. The summed E-state index contributed by atoms with van der Waals surface area (Å²) in [5.74, 6) is 0.762. The van der Waals surface area contributed by atoms with Gasteiger partial charge in [0.15, 0.2) is 11.2 Å². The van der Waals surface area contributed by atoms with Crippen LogP contribution in [0.1, 0.15) is 18.4 Å². The molecule has 2 aromatic heterocycles. The highest BCUT2D eigenvalue weighted by molar-refractivity contribution is 5.74. The number of aryl methyl sites for hydroxylation is 1. The summed E-state index contributed by atoms with van der Waals surface area (Å²) in [6.07, 6.45) is 2.23. The second-order valence-corrected chi connectivity index (χ2v) is 6.17. The zero-order valence-corrected chi connectivity index (χ0v) is 13.5. The maximum atomic E-state index is 12.4. The molecule has 1 aliphatic heterocycles. The summed E-state index contributed by atoms with van der Waals surface area (Å²) in [7, 11) is 1.63. The van der Waals surface area contributed by atoms with Crippen LogP contribution >= 0.6 is 0 Å². The van der Waals surface area contributed by atoms with Gasteiger partial charge in [0.1, 0.15) is 0 Å². The summed E-state index contributed by atoms with van der Waals surface area (Å²) in [5, 5.41) is 0. The Balaban J connectivity index is 1.97. The zero-order valence-electron chi connectivity index (χ0n) is 13.5. The summed E-state index contributed by atoms with van der Waals surface area (Å²) < 4.78 is 3.33. The molecule has 3 heterocycles. The molecule has 0 amide bonds. The molecule has 0 atom stereocenters. The Morgan fingerprint density at radius 2 is 1.83 bits per heavy atom. The molecule has 4 rings (SSSR count). The Morgan fingerprint density at radius 3 is 2.54 bits per heavy atom. The van der Waals surface area contributed by atoms with E-state index in [1.807, 2.05) is 34.9 Å². The lowest BCUT2D eigenvalue weighted by Crippen LogP contribution is -2.29. The highest BCUT2D eigenvalue weighted by Gasteiger charge is 2.23. The van der Waals surface area contributed by atoms with Crippen LogP contribution in [-0.4, -0.2) is 32.2 Å². The van der Waals surface area contributed by atoms with E-state index in [0.29, 0.717) is 17.7 Å². The molecular weight excluding hydrogens is 306 g/mol. The third-order valence-corrected chi connectivity index (χ3v) is 4.56. The Hall–Kier alpha value is -2.83. The van der Waals surface area contributed by atoms with Crippen LogP contribution in [0.15, 0.2) is 39.9 Å². The van der Waals surface area contributed by atoms with Gasteiger partial charge >= 0.3 is 5.69 Å². The maximum absolute atomic E-state index is 12.4. The molecule has 0 unspecified atom stereocenters. The van der Waals surface area contributed by atoms with Crippen LogP contribution in [0.4, 0.5) is 5.95 Å². The van der Waals surface area contributed by atoms with Gasteiger partial charge in [-0.15, -0.1) is 0 Å². The van der Waals surface area contributed by atoms with Gasteiger partial charge < -0.3 is 4.90 Å². The normalized spacial score (nSPS) is 14.6. The first-order chi connectivity index (χ1) is 11.6. The molecule has 0 saturated carbocycles. The van der Waals surface area contributed by atoms with Crippen LogP contribution in [0, 0.1) is 0 Å². The minimum atomic E-state index is -0.440. The molecule has 0 spiro atoms. The van der Waals surface area contributed by atoms with Crippen LogP contribution in [0.2, 0.25) is 0 Å². The van der Waals surface area contributed by atoms with E-state index < -0.39 is 5.69 Å². The predicted octanol–water partition coefficient (Wildman–Crippen LogP) is 1.07. The number of imidazole rings is 1. The van der Waals surface area contributed by atoms with Crippen LogP contribution in [-0.2, 0) is 13.6 Å². The SMILES string of the molecule is Cn1c(=O)[nH]c(=O)c2c1nc(N1CCCC1)n2Cc1ccccc1. The average molecular weight is 325 g/mol. The highest BCUT2D eigenvalue weighted by atomic mass is 16.2. The quantitative estimate of drug-likeness (QED) is 0.781. The number of aromatic nitrogens is 4. The first kappa shape index (κ1) is 14.7. The first-order valence-corrected chi connectivity index (χ1v) is 8.13. The maximum Gasteiger partial charge on any atom is 0.329 e. The topological polar surface area (TPSA) is 75.9 Å². The molecule has 1 aromatic carbocycles. The van der Waals surface area contributed by atoms with Crippen molar-refractivity contribution in [3.8, 4) is 0 Å². The van der Waals surface area contributed by atoms with Crippen molar-refractivity contribution < 1.29 is 0 Å². The first-order valence-electron chi connectivity index (χ1n) is 8.13. The Morgan fingerprint density at radius 1 is 1.12 bits per heavy atom. The van der Waals surface area contributed by atoms with E-state index in [2.05, 4.69) is 14.9 Å². The van der Waals surface area contributed by atoms with Gasteiger partial charge in [0.2, 0.25) is 5.95 Å². The third-order valence-electron chi connectivity index (χ3n) is 4.56. The second-order valence-electron chi connectivity index (χ2n) is 6.17. The monoisotopic (exact) mass is 325 g/mol. The predicted molar refractivity (Wildman–Crippen MR) is 92.6 cm³/mol. The lowest BCUT2D eigenvalue weighted by molar-refractivity contribution is 0.771. The molecule has 3 aromatic rings. The van der Waals surface area contributed by atoms with Gasteiger partial charge in [-0.05, 0) is 18.4 Å². The number of benzene rings is 1. The summed E-state index contributed by atoms with van der Waals surface area (Å²) in [4.78, 5) is 33.6. The number of hydrogen-bond acceptors (Lipinski definition) is 4. The van der Waals surface area contributed by atoms with Crippen molar-refractivity contribution in [2.75, 3.05) is 18.0 Å². The molecule has 0 aliphatic carbocycles. The standard InChI is InChI=1S/C17H19N5O2/c1-20-14-13(15(23)19-17(20)24)22(11-12-7-3-2-4-8-12)16(18-14)21-9-5-6-10-21/h2-4,7-8H,5-6,9-11H2,1H3,(H,19,23,24). The van der Waals surface area contributed by atoms with Gasteiger partial charge in [0.05, 0.1) is 6.54 Å². The van der Waals surface area contributed by atoms with Gasteiger partial charge in [0, 0.05) is 20.1 Å². The molecule has 0 bridgehead atoms. The van der Waals surface area contributed by atoms with Gasteiger partial charge in [-0.2, -0.15) is 4.98 Å². The Bertz CT molecular complexity index is 993. The van der Waals surface area contributed by atoms with Crippen molar-refractivity contribution in [1.29, 1.82) is 0 Å². The Labute approximate surface area is 138 Å². The molecule has 1 fully saturated rings. The van der Waals surface area contributed by atoms with Crippen LogP contribution in [0.5, 0.6) is 0 Å². The van der Waals surface area contributed by atoms with E-state index in [9.17, 15) is 9.59 Å². The second kappa shape index (κ2) is 5.67. The van der Waals surface area contributed by atoms with Crippen molar-refractivity contribution in [3.63, 3.8) is 0 Å². The fourth-order valence-electron chi connectivity index (χ4n) is 3.30. The van der Waals surface area contributed by atoms with E-state index in [4.69, 9.17) is 0 Å². The number of aromatic amines is 1. The van der Waals surface area contributed by atoms with Crippen molar-refractivity contribution >= 4 is 17.1 Å². The minimum absolute atomic E-state index is 0.387. The van der Waals surface area contributed by atoms with Crippen molar-refractivity contribution in [1.82, 2.24) is 19.1 Å². The number of hydrogen-bond donors (Lipinski definition) is 1. The number of rotatable bonds is 3. The average Bonchev–Trinajstić information content (AvgIpc) is 3.21. The number of H-pyrrole nitrogens is 1. The van der Waals surface area contributed by atoms with Gasteiger partial charge in [-0.1, -0.05) is 30.3 Å². The van der Waals surface area contributed by atoms with Gasteiger partial charge in [-0.25, -0.2) is 4.79 Å². The molecule has 0 radical (unpaired) electrons. The van der Waals surface area contributed by atoms with Crippen LogP contribution < -0.4 is 16.1 Å². The molecular formula is C17H19N5O2. The number of anilines is 1. The molecule has 1 aliphatic rings. The molecule has 1 N–H and O–H groups in total. The molecule has 24 heavy (non-hydrogen) atoms. The minimum Gasteiger partial charge on any atom is -0.342 e. The number of nitrogens with one attached hydrogen (secondary N) is 1. The van der Waals surface area contributed by atoms with Crippen LogP contribution in [0.25, 0.3) is 11.2 Å². The van der Waals surface area contributed by atoms with E-state index in [0.717, 1.165) is 37.4 Å². The summed E-state index contributed by atoms with van der Waals surface area (Å²) in [5.41, 5.74) is 1.14. The van der Waals surface area contributed by atoms with Crippen molar-refractivity contribution in [2.45, 2.75) is 19.4 Å². The number of fused-ring (bicyclic) bond motifs is 1. The molecule has 1 saturated heterocycles. The Kier molecular flexibility index (Phi) is 3.48. The molecule has 7 nitrogen and oxygen atoms in total. The smallest absolute Gasteiger partial charge is 0.329 e. The van der Waals surface area contributed by atoms with E-state index >= 15 is 0 Å². The lowest BCUT2D eigenvalue weighted by Gasteiger charge is -2.18. The van der Waals surface area contributed by atoms with E-state index in [1.165, 1.54) is 4.57 Å². The van der Waals surface area contributed by atoms with Gasteiger partial charge in [-0.3, -0.25) is 18.9 Å². The lowest BCUT2D eigenvalue weighted by atomic mass is 10.2. The van der Waals surface area contributed by atoms with Crippen molar-refractivity contribution in [3.05, 3.63) is 56.7 Å².